The molecule has 0 aliphatic carbocycles. The van der Waals surface area contributed by atoms with Gasteiger partial charge in [-0.3, -0.25) is 6.29 Å². The molecule has 0 aliphatic rings. The second-order valence-corrected chi connectivity index (χ2v) is 7.73. The molecule has 0 spiro atoms. The van der Waals surface area contributed by atoms with E-state index in [1.165, 1.54) is 29.1 Å². The van der Waals surface area contributed by atoms with Crippen LogP contribution in [0.5, 0.6) is 0 Å². The molecule has 0 amide bonds. The zero-order chi connectivity index (χ0) is 21.2. The summed E-state index contributed by atoms with van der Waals surface area (Å²) in [6.07, 6.45) is 1.50. The first-order valence-electron chi connectivity index (χ1n) is 8.98. The Morgan fingerprint density at radius 1 is 0.667 bits per heavy atom. The Labute approximate surface area is 191 Å². The van der Waals surface area contributed by atoms with Gasteiger partial charge in [0.05, 0.1) is 0 Å². The van der Waals surface area contributed by atoms with E-state index in [9.17, 15) is 0 Å². The van der Waals surface area contributed by atoms with Crippen LogP contribution in [0.25, 0.3) is 0 Å². The van der Waals surface area contributed by atoms with Gasteiger partial charge in [-0.05, 0) is 23.8 Å². The zero-order valence-corrected chi connectivity index (χ0v) is 18.7. The van der Waals surface area contributed by atoms with Gasteiger partial charge in [-0.25, -0.2) is 12.1 Å². The van der Waals surface area contributed by atoms with Crippen molar-refractivity contribution in [2.75, 3.05) is 0 Å². The van der Waals surface area contributed by atoms with E-state index in [1.807, 2.05) is 30.3 Å². The first-order valence-corrected chi connectivity index (χ1v) is 10.3. The van der Waals surface area contributed by atoms with Crippen molar-refractivity contribution in [1.29, 1.82) is 0 Å². The van der Waals surface area contributed by atoms with E-state index in [2.05, 4.69) is 97.6 Å². The van der Waals surface area contributed by atoms with Crippen LogP contribution in [-0.4, -0.2) is 6.29 Å². The Morgan fingerprint density at radius 2 is 0.933 bits per heavy atom. The Morgan fingerprint density at radius 3 is 1.13 bits per heavy atom. The van der Waals surface area contributed by atoms with E-state index in [0.29, 0.717) is 0 Å². The van der Waals surface area contributed by atoms with Crippen molar-refractivity contribution in [2.45, 2.75) is 6.92 Å². The molecule has 0 N–H and O–H groups in total. The zero-order valence-electron chi connectivity index (χ0n) is 16.7. The Kier molecular flexibility index (Phi) is 16.8. The van der Waals surface area contributed by atoms with Crippen LogP contribution in [0.15, 0.2) is 121 Å². The number of carbonyl (C=O) groups excluding carboxylic acids is 1. The molecule has 0 unspecified atom stereocenters. The molecule has 0 fully saturated rings. The third-order valence-corrected chi connectivity index (χ3v) is 6.04. The largest absolute Gasteiger partial charge is 2.00 e. The first-order chi connectivity index (χ1) is 14.4. The van der Waals surface area contributed by atoms with Gasteiger partial charge in [0.2, 0.25) is 0 Å². The van der Waals surface area contributed by atoms with Gasteiger partial charge in [0.15, 0.2) is 0 Å². The minimum absolute atomic E-state index is 0. The molecule has 0 heterocycles. The fraction of sp³-hybridized carbons (Fsp3) is 0.0385. The van der Waals surface area contributed by atoms with Crippen LogP contribution in [-0.2, 0) is 26.5 Å². The van der Waals surface area contributed by atoms with Gasteiger partial charge >= 0.3 is 28.4 Å². The predicted octanol–water partition coefficient (Wildman–Crippen LogP) is 4.93. The van der Waals surface area contributed by atoms with Gasteiger partial charge in [-0.2, -0.15) is 25.1 Å². The molecule has 0 saturated heterocycles. The maximum Gasteiger partial charge on any atom is 2.00 e. The Balaban J connectivity index is 0.000000643. The van der Waals surface area contributed by atoms with E-state index < -0.39 is 7.92 Å². The van der Waals surface area contributed by atoms with E-state index >= 15 is 0 Å². The van der Waals surface area contributed by atoms with Crippen LogP contribution in [0.1, 0.15) is 6.92 Å². The van der Waals surface area contributed by atoms with Crippen molar-refractivity contribution in [3.05, 3.63) is 128 Å². The summed E-state index contributed by atoms with van der Waals surface area (Å²) in [5.74, 6) is 0. The van der Waals surface area contributed by atoms with Crippen molar-refractivity contribution in [3.63, 3.8) is 0 Å². The fourth-order valence-corrected chi connectivity index (χ4v) is 4.80. The number of hydrogen-bond acceptors (Lipinski definition) is 1. The van der Waals surface area contributed by atoms with Crippen LogP contribution >= 0.6 is 7.92 Å². The van der Waals surface area contributed by atoms with E-state index in [0.717, 1.165) is 0 Å². The standard InChI is InChI=1S/C18H15P.C5H5.C2H3O.CO.Fe/c1-4-10-16(11-5-1)19(17-12-6-2-7-13-17)18-14-8-3-9-15-18;1-2-4-5-3-1;1-2-3;1-2;/h1-15H;1-5H;1H3;;/q;2*-1;;+2. The molecular formula is C26H23FeO2P. The van der Waals surface area contributed by atoms with E-state index in [4.69, 9.17) is 9.45 Å². The SMILES string of the molecule is C[C-]=O.[C-]#[O+].[Fe+2].c1cc[cH-]c1.c1ccc(P(c2ccccc2)c2ccccc2)cc1. The maximum absolute atomic E-state index is 8.68. The molecule has 0 aromatic heterocycles. The van der Waals surface area contributed by atoms with Gasteiger partial charge in [-0.15, -0.1) is 0 Å². The smallest absolute Gasteiger partial charge is 0.214 e. The van der Waals surface area contributed by atoms with Crippen molar-refractivity contribution in [1.82, 2.24) is 0 Å². The van der Waals surface area contributed by atoms with Gasteiger partial charge in [0, 0.05) is 0 Å². The van der Waals surface area contributed by atoms with Crippen molar-refractivity contribution < 1.29 is 26.5 Å². The van der Waals surface area contributed by atoms with Crippen LogP contribution in [0.4, 0.5) is 0 Å². The molecule has 2 nitrogen and oxygen atoms in total. The topological polar surface area (TPSA) is 37.0 Å². The fourth-order valence-electron chi connectivity index (χ4n) is 2.50. The maximum atomic E-state index is 8.68. The second-order valence-electron chi connectivity index (χ2n) is 5.51. The summed E-state index contributed by atoms with van der Waals surface area (Å²) in [5, 5.41) is 4.19. The number of rotatable bonds is 3. The molecule has 0 saturated carbocycles. The second kappa shape index (κ2) is 18.4. The summed E-state index contributed by atoms with van der Waals surface area (Å²) in [7, 11) is -0.446. The first kappa shape index (κ1) is 27.4. The monoisotopic (exact) mass is 454 g/mol. The van der Waals surface area contributed by atoms with E-state index in [-0.39, 0.29) is 17.1 Å². The third-order valence-electron chi connectivity index (χ3n) is 3.60. The Hall–Kier alpha value is -2.63. The summed E-state index contributed by atoms with van der Waals surface area (Å²) in [4.78, 5) is 8.68. The number of benzene rings is 3. The molecule has 4 aromatic carbocycles. The molecule has 0 radical (unpaired) electrons. The van der Waals surface area contributed by atoms with E-state index in [1.54, 1.807) is 0 Å². The van der Waals surface area contributed by atoms with Crippen LogP contribution in [0.3, 0.4) is 0 Å². The minimum Gasteiger partial charge on any atom is -0.214 e. The minimum atomic E-state index is -0.446. The summed E-state index contributed by atoms with van der Waals surface area (Å²) in [6.45, 7) is 5.82. The normalized spacial score (nSPS) is 8.53. The summed E-state index contributed by atoms with van der Waals surface area (Å²) < 4.78 is 7.50. The quantitative estimate of drug-likeness (QED) is 0.187. The van der Waals surface area contributed by atoms with Gasteiger partial charge in [0.25, 0.3) is 0 Å². The van der Waals surface area contributed by atoms with Crippen molar-refractivity contribution in [2.24, 2.45) is 0 Å². The molecule has 152 valence electrons. The molecule has 0 aliphatic heterocycles. The molecule has 4 aromatic rings. The molecule has 0 atom stereocenters. The Bertz CT molecular complexity index is 782. The van der Waals surface area contributed by atoms with Gasteiger partial charge < -0.3 is 4.79 Å². The number of hydrogen-bond donors (Lipinski definition) is 0. The molecule has 4 heteroatoms. The average molecular weight is 454 g/mol. The van der Waals surface area contributed by atoms with Crippen LogP contribution in [0.2, 0.25) is 0 Å². The molecule has 0 bridgehead atoms. The van der Waals surface area contributed by atoms with Crippen molar-refractivity contribution >= 4 is 30.1 Å². The molecule has 30 heavy (non-hydrogen) atoms. The van der Waals surface area contributed by atoms with Gasteiger partial charge in [-0.1, -0.05) is 91.0 Å². The van der Waals surface area contributed by atoms with Crippen LogP contribution in [0, 0.1) is 6.65 Å². The van der Waals surface area contributed by atoms with Crippen LogP contribution < -0.4 is 15.9 Å². The average Bonchev–Trinajstić information content (AvgIpc) is 3.39. The summed E-state index contributed by atoms with van der Waals surface area (Å²) >= 11 is 0. The molecule has 4 rings (SSSR count). The van der Waals surface area contributed by atoms with Crippen molar-refractivity contribution in [3.8, 4) is 0 Å². The third kappa shape index (κ3) is 10.2. The molecular weight excluding hydrogens is 431 g/mol. The van der Waals surface area contributed by atoms with Gasteiger partial charge in [0.1, 0.15) is 0 Å². The summed E-state index contributed by atoms with van der Waals surface area (Å²) in [5.41, 5.74) is 0. The summed E-state index contributed by atoms with van der Waals surface area (Å²) in [6, 6.07) is 42.3. The predicted molar refractivity (Wildman–Crippen MR) is 122 cm³/mol.